The summed E-state index contributed by atoms with van der Waals surface area (Å²) < 4.78 is 7.85. The molecule has 2 aromatic heterocycles. The largest absolute Gasteiger partial charge is 0.494 e. The topological polar surface area (TPSA) is 42.3 Å². The van der Waals surface area contributed by atoms with Crippen LogP contribution in [0.1, 0.15) is 50.2 Å². The van der Waals surface area contributed by atoms with Gasteiger partial charge in [0.1, 0.15) is 5.75 Å². The van der Waals surface area contributed by atoms with Crippen LogP contribution in [-0.4, -0.2) is 32.7 Å². The van der Waals surface area contributed by atoms with Crippen LogP contribution < -0.4 is 10.1 Å². The number of ether oxygens (including phenoxy) is 1. The minimum atomic E-state index is 0.00639. The Labute approximate surface area is 183 Å². The van der Waals surface area contributed by atoms with Crippen LogP contribution in [0.15, 0.2) is 67.0 Å². The highest BCUT2D eigenvalue weighted by molar-refractivity contribution is 7.80. The average molecular weight is 421 g/mol. The van der Waals surface area contributed by atoms with Crippen LogP contribution in [-0.2, 0) is 0 Å². The number of nitrogens with one attached hydrogen (secondary N) is 1. The molecule has 1 N–H and O–H groups in total. The average Bonchev–Trinajstić information content (AvgIpc) is 3.38. The summed E-state index contributed by atoms with van der Waals surface area (Å²) in [5.74, 6) is 0.884. The number of aromatic nitrogens is 2. The normalized spacial score (nSPS) is 18.5. The fraction of sp³-hybridized carbons (Fsp3) is 0.333. The molecule has 0 aliphatic carbocycles. The van der Waals surface area contributed by atoms with Crippen LogP contribution in [0.3, 0.4) is 0 Å². The minimum absolute atomic E-state index is 0.00639. The molecule has 3 aromatic rings. The molecule has 0 unspecified atom stereocenters. The summed E-state index contributed by atoms with van der Waals surface area (Å²) in [7, 11) is 0. The van der Waals surface area contributed by atoms with Crippen molar-refractivity contribution in [1.29, 1.82) is 0 Å². The number of hydrogen-bond acceptors (Lipinski definition) is 3. The standard InChI is InChI=1S/C24H28N4OS/c1-3-5-16-28-23(22(26-24(28)30)20-9-6-7-15-25-20)21-10-8-17-27(21)18-11-13-19(14-12-18)29-4-2/h6-15,17,22-23H,3-5,16H2,1-2H3,(H,26,30)/t22-,23+/m0/s1. The van der Waals surface area contributed by atoms with Gasteiger partial charge < -0.3 is 19.5 Å². The predicted octanol–water partition coefficient (Wildman–Crippen LogP) is 5.04. The van der Waals surface area contributed by atoms with Crippen molar-refractivity contribution in [3.05, 3.63) is 78.4 Å². The zero-order valence-corrected chi connectivity index (χ0v) is 18.3. The van der Waals surface area contributed by atoms with Crippen molar-refractivity contribution in [3.63, 3.8) is 0 Å². The van der Waals surface area contributed by atoms with Gasteiger partial charge in [-0.05, 0) is 74.1 Å². The monoisotopic (exact) mass is 420 g/mol. The van der Waals surface area contributed by atoms with Crippen LogP contribution in [0.2, 0.25) is 0 Å². The number of nitrogens with zero attached hydrogens (tertiary/aromatic N) is 3. The predicted molar refractivity (Wildman–Crippen MR) is 124 cm³/mol. The summed E-state index contributed by atoms with van der Waals surface area (Å²) in [4.78, 5) is 6.95. The maximum Gasteiger partial charge on any atom is 0.170 e. The van der Waals surface area contributed by atoms with Gasteiger partial charge in [-0.3, -0.25) is 4.98 Å². The third kappa shape index (κ3) is 4.05. The van der Waals surface area contributed by atoms with E-state index in [-0.39, 0.29) is 12.1 Å². The molecule has 1 aromatic carbocycles. The van der Waals surface area contributed by atoms with Gasteiger partial charge >= 0.3 is 0 Å². The Kier molecular flexibility index (Phi) is 6.33. The van der Waals surface area contributed by atoms with E-state index < -0.39 is 0 Å². The SMILES string of the molecule is CCCCN1C(=S)N[C@@H](c2ccccn2)[C@H]1c1cccn1-c1ccc(OCC)cc1. The van der Waals surface area contributed by atoms with Crippen molar-refractivity contribution in [3.8, 4) is 11.4 Å². The summed E-state index contributed by atoms with van der Waals surface area (Å²) in [6, 6.07) is 18.6. The first-order valence-electron chi connectivity index (χ1n) is 10.6. The van der Waals surface area contributed by atoms with E-state index in [4.69, 9.17) is 17.0 Å². The molecule has 0 bridgehead atoms. The van der Waals surface area contributed by atoms with E-state index in [0.717, 1.165) is 41.6 Å². The Morgan fingerprint density at radius 2 is 1.90 bits per heavy atom. The lowest BCUT2D eigenvalue weighted by Gasteiger charge is -2.29. The minimum Gasteiger partial charge on any atom is -0.494 e. The summed E-state index contributed by atoms with van der Waals surface area (Å²) >= 11 is 5.75. The van der Waals surface area contributed by atoms with Gasteiger partial charge in [0.25, 0.3) is 0 Å². The highest BCUT2D eigenvalue weighted by Gasteiger charge is 2.40. The lowest BCUT2D eigenvalue weighted by atomic mass is 10.0. The number of benzene rings is 1. The molecule has 2 atom stereocenters. The van der Waals surface area contributed by atoms with E-state index in [1.807, 2.05) is 37.4 Å². The van der Waals surface area contributed by atoms with Crippen LogP contribution in [0, 0.1) is 0 Å². The van der Waals surface area contributed by atoms with Gasteiger partial charge in [0.2, 0.25) is 0 Å². The van der Waals surface area contributed by atoms with E-state index in [9.17, 15) is 0 Å². The van der Waals surface area contributed by atoms with Crippen LogP contribution in [0.25, 0.3) is 5.69 Å². The fourth-order valence-electron chi connectivity index (χ4n) is 4.04. The molecular formula is C24H28N4OS. The summed E-state index contributed by atoms with van der Waals surface area (Å²) in [5, 5.41) is 4.33. The molecule has 1 aliphatic rings. The van der Waals surface area contributed by atoms with E-state index >= 15 is 0 Å². The molecule has 5 nitrogen and oxygen atoms in total. The summed E-state index contributed by atoms with van der Waals surface area (Å²) in [6.45, 7) is 5.79. The van der Waals surface area contributed by atoms with E-state index in [0.29, 0.717) is 6.61 Å². The van der Waals surface area contributed by atoms with Crippen molar-refractivity contribution in [1.82, 2.24) is 19.8 Å². The Morgan fingerprint density at radius 3 is 2.60 bits per heavy atom. The maximum absolute atomic E-state index is 5.75. The van der Waals surface area contributed by atoms with E-state index in [1.54, 1.807) is 0 Å². The molecular weight excluding hydrogens is 392 g/mol. The lowest BCUT2D eigenvalue weighted by Crippen LogP contribution is -2.31. The second-order valence-electron chi connectivity index (χ2n) is 7.40. The number of thiocarbonyl (C=S) groups is 1. The van der Waals surface area contributed by atoms with Gasteiger partial charge in [-0.25, -0.2) is 0 Å². The van der Waals surface area contributed by atoms with Crippen LogP contribution in [0.5, 0.6) is 5.75 Å². The molecule has 1 fully saturated rings. The van der Waals surface area contributed by atoms with Gasteiger partial charge in [0, 0.05) is 30.3 Å². The Balaban J connectivity index is 1.73. The zero-order valence-electron chi connectivity index (χ0n) is 17.5. The highest BCUT2D eigenvalue weighted by atomic mass is 32.1. The molecule has 6 heteroatoms. The number of rotatable bonds is 8. The van der Waals surface area contributed by atoms with Gasteiger partial charge in [-0.2, -0.15) is 0 Å². The smallest absolute Gasteiger partial charge is 0.170 e. The second-order valence-corrected chi connectivity index (χ2v) is 7.79. The second kappa shape index (κ2) is 9.30. The molecule has 30 heavy (non-hydrogen) atoms. The van der Waals surface area contributed by atoms with E-state index in [1.165, 1.54) is 5.69 Å². The maximum atomic E-state index is 5.75. The van der Waals surface area contributed by atoms with Crippen molar-refractivity contribution in [2.24, 2.45) is 0 Å². The van der Waals surface area contributed by atoms with Gasteiger partial charge in [-0.1, -0.05) is 19.4 Å². The number of unbranched alkanes of at least 4 members (excludes halogenated alkanes) is 1. The third-order valence-corrected chi connectivity index (χ3v) is 5.81. The van der Waals surface area contributed by atoms with Crippen molar-refractivity contribution in [2.75, 3.05) is 13.2 Å². The number of pyridine rings is 1. The third-order valence-electron chi connectivity index (χ3n) is 5.46. The first kappa shape index (κ1) is 20.4. The first-order chi connectivity index (χ1) is 14.7. The van der Waals surface area contributed by atoms with E-state index in [2.05, 4.69) is 63.2 Å². The Hall–Kier alpha value is -2.86. The van der Waals surface area contributed by atoms with Crippen LogP contribution in [0.4, 0.5) is 0 Å². The Morgan fingerprint density at radius 1 is 1.07 bits per heavy atom. The molecule has 1 saturated heterocycles. The van der Waals surface area contributed by atoms with Crippen molar-refractivity contribution in [2.45, 2.75) is 38.8 Å². The molecule has 3 heterocycles. The molecule has 1 aliphatic heterocycles. The molecule has 0 saturated carbocycles. The number of hydrogen-bond donors (Lipinski definition) is 1. The summed E-state index contributed by atoms with van der Waals surface area (Å²) in [5.41, 5.74) is 3.30. The highest BCUT2D eigenvalue weighted by Crippen LogP contribution is 2.39. The molecule has 0 radical (unpaired) electrons. The molecule has 0 amide bonds. The zero-order chi connectivity index (χ0) is 20.9. The summed E-state index contributed by atoms with van der Waals surface area (Å²) in [6.07, 6.45) is 6.17. The quantitative estimate of drug-likeness (QED) is 0.517. The lowest BCUT2D eigenvalue weighted by molar-refractivity contribution is 0.304. The van der Waals surface area contributed by atoms with Crippen molar-refractivity contribution < 1.29 is 4.74 Å². The van der Waals surface area contributed by atoms with Gasteiger partial charge in [-0.15, -0.1) is 0 Å². The molecule has 4 rings (SSSR count). The van der Waals surface area contributed by atoms with Crippen molar-refractivity contribution >= 4 is 17.3 Å². The molecule has 0 spiro atoms. The first-order valence-corrected chi connectivity index (χ1v) is 11.0. The molecule has 156 valence electrons. The van der Waals surface area contributed by atoms with Gasteiger partial charge in [0.15, 0.2) is 5.11 Å². The van der Waals surface area contributed by atoms with Crippen LogP contribution >= 0.6 is 12.2 Å². The fourth-order valence-corrected chi connectivity index (χ4v) is 4.37. The van der Waals surface area contributed by atoms with Gasteiger partial charge in [0.05, 0.1) is 24.4 Å². The Bertz CT molecular complexity index is 970.